The molecule has 0 rings (SSSR count). The first kappa shape index (κ1) is 3.41. The van der Waals surface area contributed by atoms with E-state index in [1.165, 1.54) is 0 Å². The number of hydrogen-bond acceptors (Lipinski definition) is 3. The highest BCUT2D eigenvalue weighted by atomic mass is 16.4. The predicted octanol–water partition coefficient (Wildman–Crippen LogP) is -1.81. The Kier molecular flexibility index (Phi) is 1.14. The number of carbonyl (C=O) groups excluding carboxylic acids is 1. The van der Waals surface area contributed by atoms with Gasteiger partial charge < -0.3 is 19.5 Å². The number of likely N-dealkylation sites (N-methyl/N-ethyl adjacent to an activating group) is 1. The fraction of sp³-hybridized carbons (Fsp3) is 0.857. The van der Waals surface area contributed by atoms with Crippen molar-refractivity contribution in [3.63, 3.8) is 0 Å². The Bertz CT molecular complexity index is 329. The second-order valence-electron chi connectivity index (χ2n) is 2.54. The van der Waals surface area contributed by atoms with Gasteiger partial charge in [0, 0.05) is 12.4 Å². The van der Waals surface area contributed by atoms with Crippen molar-refractivity contribution in [3.8, 4) is 0 Å². The summed E-state index contributed by atoms with van der Waals surface area (Å²) in [5, 5.41) is 14.3. The van der Waals surface area contributed by atoms with E-state index in [9.17, 15) is 9.90 Å². The van der Waals surface area contributed by atoms with Crippen molar-refractivity contribution in [2.45, 2.75) is 12.5 Å². The zero-order valence-corrected chi connectivity index (χ0v) is 6.38. The SMILES string of the molecule is [2H]O[C@@]([2H])(CC(=O)[O-])C([2H])([2H])[N+](C)(C)C([2H])([2H])[2H]. The third-order valence-electron chi connectivity index (χ3n) is 0.709. The normalized spacial score (nSPS) is 29.1. The van der Waals surface area contributed by atoms with Crippen LogP contribution in [0.25, 0.3) is 0 Å². The minimum Gasteiger partial charge on any atom is -0.550 e. The van der Waals surface area contributed by atoms with E-state index in [1.807, 2.05) is 0 Å². The number of carboxylic acids is 1. The summed E-state index contributed by atoms with van der Waals surface area (Å²) in [5.41, 5.74) is 0. The minimum absolute atomic E-state index is 0.963. The monoisotopic (exact) mass is 168 g/mol. The van der Waals surface area contributed by atoms with Gasteiger partial charge in [0.1, 0.15) is 12.6 Å². The van der Waals surface area contributed by atoms with Crippen LogP contribution in [-0.4, -0.2) is 50.6 Å². The molecule has 0 aliphatic heterocycles. The fourth-order valence-electron chi connectivity index (χ4n) is 0.482. The number of aliphatic carboxylic acids is 1. The van der Waals surface area contributed by atoms with Gasteiger partial charge in [-0.05, 0) is 0 Å². The topological polar surface area (TPSA) is 60.4 Å². The first-order valence-corrected chi connectivity index (χ1v) is 2.91. The maximum absolute atomic E-state index is 10.5. The van der Waals surface area contributed by atoms with Crippen LogP contribution < -0.4 is 5.11 Å². The van der Waals surface area contributed by atoms with E-state index in [1.54, 1.807) is 0 Å². The summed E-state index contributed by atoms with van der Waals surface area (Å²) in [7, 11) is 1.93. The number of aliphatic hydroxyl groups is 1. The van der Waals surface area contributed by atoms with Crippen LogP contribution in [0.3, 0.4) is 0 Å². The van der Waals surface area contributed by atoms with Gasteiger partial charge >= 0.3 is 0 Å². The van der Waals surface area contributed by atoms with E-state index in [2.05, 4.69) is 5.11 Å². The predicted molar refractivity (Wildman–Crippen MR) is 38.5 cm³/mol. The number of carbonyl (C=O) groups is 1. The quantitative estimate of drug-likeness (QED) is 0.492. The van der Waals surface area contributed by atoms with Crippen LogP contribution >= 0.6 is 0 Å². The first-order valence-electron chi connectivity index (χ1n) is 6.32. The molecule has 0 aromatic heterocycles. The van der Waals surface area contributed by atoms with Crippen molar-refractivity contribution in [3.05, 3.63) is 0 Å². The molecule has 0 heterocycles. The molecule has 66 valence electrons. The van der Waals surface area contributed by atoms with Crippen molar-refractivity contribution in [2.75, 3.05) is 27.6 Å². The third kappa shape index (κ3) is 7.29. The molecule has 0 aliphatic carbocycles. The molecule has 0 unspecified atom stereocenters. The number of nitrogens with zero attached hydrogens (tertiary/aromatic N) is 1. The maximum atomic E-state index is 10.5. The van der Waals surface area contributed by atoms with Gasteiger partial charge in [-0.15, -0.1) is 0 Å². The molecule has 0 fully saturated rings. The van der Waals surface area contributed by atoms with E-state index in [-0.39, 0.29) is 0 Å². The smallest absolute Gasteiger partial charge is 0.211 e. The van der Waals surface area contributed by atoms with Gasteiger partial charge in [0.2, 0.25) is 1.43 Å². The van der Waals surface area contributed by atoms with E-state index < -0.39 is 36.4 Å². The summed E-state index contributed by atoms with van der Waals surface area (Å²) in [6, 6.07) is 0. The van der Waals surface area contributed by atoms with Crippen LogP contribution in [0.2, 0.25) is 0 Å². The van der Waals surface area contributed by atoms with E-state index in [4.69, 9.17) is 9.66 Å². The average molecular weight is 168 g/mol. The van der Waals surface area contributed by atoms with Crippen LogP contribution in [0.1, 0.15) is 14.6 Å². The summed E-state index contributed by atoms with van der Waals surface area (Å²) < 4.78 is 50.0. The summed E-state index contributed by atoms with van der Waals surface area (Å²) in [6.45, 7) is -5.83. The molecule has 0 radical (unpaired) electrons. The molecule has 1 atom stereocenters. The third-order valence-corrected chi connectivity index (χ3v) is 0.709. The van der Waals surface area contributed by atoms with Crippen LogP contribution in [-0.2, 0) is 4.79 Å². The van der Waals surface area contributed by atoms with Gasteiger partial charge in [0.25, 0.3) is 0 Å². The van der Waals surface area contributed by atoms with Crippen LogP contribution in [0.15, 0.2) is 0 Å². The molecular formula is C7H15NO3. The lowest BCUT2D eigenvalue weighted by atomic mass is 10.2. The molecular weight excluding hydrogens is 146 g/mol. The highest BCUT2D eigenvalue weighted by Gasteiger charge is 2.14. The van der Waals surface area contributed by atoms with Crippen LogP contribution in [0, 0.1) is 0 Å². The van der Waals surface area contributed by atoms with E-state index in [0.717, 1.165) is 14.1 Å². The molecule has 0 spiro atoms. The van der Waals surface area contributed by atoms with Crippen molar-refractivity contribution in [1.29, 1.82) is 1.43 Å². The van der Waals surface area contributed by atoms with E-state index in [0.29, 0.717) is 0 Å². The Labute approximate surface area is 76.6 Å². The molecule has 0 aliphatic rings. The fourth-order valence-corrected chi connectivity index (χ4v) is 0.482. The Morgan fingerprint density at radius 3 is 3.09 bits per heavy atom. The first-order chi connectivity index (χ1) is 7.73. The average Bonchev–Trinajstić information content (AvgIpc) is 2.14. The zero-order chi connectivity index (χ0) is 15.0. The second-order valence-corrected chi connectivity index (χ2v) is 2.54. The molecule has 0 saturated heterocycles. The number of carboxylic acid groups (broad SMARTS) is 1. The molecule has 0 bridgehead atoms. The molecule has 0 aromatic carbocycles. The summed E-state index contributed by atoms with van der Waals surface area (Å²) >= 11 is 0. The molecule has 1 N–H and O–H groups in total. The van der Waals surface area contributed by atoms with Crippen molar-refractivity contribution in [1.82, 2.24) is 0 Å². The van der Waals surface area contributed by atoms with Gasteiger partial charge in [0.05, 0.1) is 29.3 Å². The number of hydrogen-bond donors (Lipinski definition) is 1. The number of quaternary nitrogens is 1. The van der Waals surface area contributed by atoms with Crippen LogP contribution in [0.5, 0.6) is 0 Å². The molecule has 4 heteroatoms. The lowest BCUT2D eigenvalue weighted by Crippen LogP contribution is -2.43. The minimum atomic E-state index is -2.97. The van der Waals surface area contributed by atoms with Gasteiger partial charge in [-0.25, -0.2) is 0 Å². The molecule has 11 heavy (non-hydrogen) atoms. The van der Waals surface area contributed by atoms with Crippen molar-refractivity contribution < 1.29 is 27.7 Å². The highest BCUT2D eigenvalue weighted by Crippen LogP contribution is 1.97. The Hall–Kier alpha value is -0.610. The Balaban J connectivity index is 5.65. The van der Waals surface area contributed by atoms with Gasteiger partial charge in [-0.1, -0.05) is 0 Å². The van der Waals surface area contributed by atoms with Gasteiger partial charge in [-0.2, -0.15) is 0 Å². The molecule has 0 aromatic rings. The Morgan fingerprint density at radius 1 is 2.09 bits per heavy atom. The largest absolute Gasteiger partial charge is 0.550 e. The number of rotatable bonds is 5. The standard InChI is InChI=1S/C7H15NO3/c1-8(2,3)5-6(9)4-7(10)11/h6,9H,4-5H2,1-3H3/t6-/m0/s1/i1D3,5D2,6D,9D. The van der Waals surface area contributed by atoms with Crippen molar-refractivity contribution in [2.24, 2.45) is 0 Å². The van der Waals surface area contributed by atoms with Gasteiger partial charge in [-0.3, -0.25) is 0 Å². The Morgan fingerprint density at radius 2 is 2.73 bits per heavy atom. The lowest BCUT2D eigenvalue weighted by molar-refractivity contribution is -0.873. The van der Waals surface area contributed by atoms with Gasteiger partial charge in [0.15, 0.2) is 0 Å². The zero-order valence-electron chi connectivity index (χ0n) is 13.4. The highest BCUT2D eigenvalue weighted by molar-refractivity contribution is 5.64. The van der Waals surface area contributed by atoms with Crippen LogP contribution in [0.4, 0.5) is 0 Å². The summed E-state index contributed by atoms with van der Waals surface area (Å²) in [4.78, 5) is 10.5. The second kappa shape index (κ2) is 3.69. The summed E-state index contributed by atoms with van der Waals surface area (Å²) in [6.07, 6.45) is -4.16. The molecule has 0 amide bonds. The molecule has 4 nitrogen and oxygen atoms in total. The lowest BCUT2D eigenvalue weighted by Gasteiger charge is -2.26. The van der Waals surface area contributed by atoms with Crippen molar-refractivity contribution >= 4 is 5.97 Å². The van der Waals surface area contributed by atoms with E-state index >= 15 is 0 Å². The summed E-state index contributed by atoms with van der Waals surface area (Å²) in [5.74, 6) is -1.81. The maximum Gasteiger partial charge on any atom is 0.211 e. The molecule has 0 saturated carbocycles.